The zero-order valence-electron chi connectivity index (χ0n) is 13.9. The molecule has 0 atom stereocenters. The van der Waals surface area contributed by atoms with Crippen LogP contribution in [0.4, 0.5) is 43.9 Å². The monoisotopic (exact) mass is 446 g/mol. The van der Waals surface area contributed by atoms with Gasteiger partial charge in [-0.05, 0) is 0 Å². The summed E-state index contributed by atoms with van der Waals surface area (Å²) in [5, 5.41) is 7.75. The highest BCUT2D eigenvalue weighted by Gasteiger charge is 2.26. The molecule has 5 nitrogen and oxygen atoms in total. The number of hydrazine groups is 1. The van der Waals surface area contributed by atoms with Crippen LogP contribution in [-0.4, -0.2) is 18.4 Å². The molecule has 0 aromatic heterocycles. The van der Waals surface area contributed by atoms with E-state index in [0.29, 0.717) is 0 Å². The van der Waals surface area contributed by atoms with Crippen molar-refractivity contribution in [2.45, 2.75) is 0 Å². The molecule has 160 valence electrons. The molecule has 0 amide bonds. The number of benzene rings is 2. The summed E-state index contributed by atoms with van der Waals surface area (Å²) in [7, 11) is 0. The van der Waals surface area contributed by atoms with Gasteiger partial charge in [-0.25, -0.2) is 43.9 Å². The van der Waals surface area contributed by atoms with Crippen molar-refractivity contribution in [3.63, 3.8) is 0 Å². The maximum Gasteiger partial charge on any atom is 0.269 e. The number of guanidine groups is 1. The van der Waals surface area contributed by atoms with Gasteiger partial charge in [0.2, 0.25) is 17.8 Å². The van der Waals surface area contributed by atoms with Gasteiger partial charge < -0.3 is 5.73 Å². The Kier molecular flexibility index (Phi) is 6.63. The Bertz CT molecular complexity index is 1040. The fourth-order valence-electron chi connectivity index (χ4n) is 1.84. The molecule has 0 aliphatic carbocycles. The highest BCUT2D eigenvalue weighted by molar-refractivity contribution is 5.82. The first-order chi connectivity index (χ1) is 14.0. The molecule has 2 rings (SSSR count). The Morgan fingerprint density at radius 2 is 1.00 bits per heavy atom. The van der Waals surface area contributed by atoms with Gasteiger partial charge in [0.05, 0.1) is 11.8 Å². The Morgan fingerprint density at radius 1 is 0.633 bits per heavy atom. The van der Waals surface area contributed by atoms with Crippen molar-refractivity contribution in [3.05, 3.63) is 69.3 Å². The number of nitrogens with two attached hydrogens (primary N) is 1. The van der Waals surface area contributed by atoms with Gasteiger partial charge in [0.15, 0.2) is 46.5 Å². The predicted molar refractivity (Wildman–Crippen MR) is 80.9 cm³/mol. The van der Waals surface area contributed by atoms with Gasteiger partial charge in [0.1, 0.15) is 5.56 Å². The van der Waals surface area contributed by atoms with Gasteiger partial charge in [-0.2, -0.15) is 5.10 Å². The SMILES string of the molecule is NC(=N/N=C\c1c(F)c(F)c(F)c(F)c1F)N/[NH+]=C\c1c(F)c(F)c(F)c(F)c1F. The number of nitrogens with zero attached hydrogens (tertiary/aromatic N) is 2. The summed E-state index contributed by atoms with van der Waals surface area (Å²) >= 11 is 0. The molecule has 0 saturated carbocycles. The van der Waals surface area contributed by atoms with Gasteiger partial charge >= 0.3 is 0 Å². The smallest absolute Gasteiger partial charge is 0.269 e. The predicted octanol–water partition coefficient (Wildman–Crippen LogP) is 1.43. The minimum Gasteiger partial charge on any atom is -0.364 e. The topological polar surface area (TPSA) is 76.7 Å². The third-order valence-electron chi connectivity index (χ3n) is 3.26. The van der Waals surface area contributed by atoms with Crippen molar-refractivity contribution in [1.82, 2.24) is 5.43 Å². The number of hydrogen-bond donors (Lipinski definition) is 3. The minimum atomic E-state index is -2.39. The molecule has 4 N–H and O–H groups in total. The maximum absolute atomic E-state index is 13.4. The van der Waals surface area contributed by atoms with Crippen molar-refractivity contribution in [1.29, 1.82) is 0 Å². The molecule has 0 unspecified atom stereocenters. The van der Waals surface area contributed by atoms with Crippen LogP contribution in [0, 0.1) is 58.2 Å². The highest BCUT2D eigenvalue weighted by atomic mass is 19.2. The van der Waals surface area contributed by atoms with Gasteiger partial charge in [-0.1, -0.05) is 0 Å². The Morgan fingerprint density at radius 3 is 1.43 bits per heavy atom. The summed E-state index contributed by atoms with van der Waals surface area (Å²) in [6, 6.07) is 0. The van der Waals surface area contributed by atoms with E-state index in [0.717, 1.165) is 0 Å². The second-order valence-electron chi connectivity index (χ2n) is 5.11. The molecule has 2 aromatic rings. The van der Waals surface area contributed by atoms with Crippen molar-refractivity contribution in [3.8, 4) is 0 Å². The number of hydrogen-bond acceptors (Lipinski definition) is 2. The van der Waals surface area contributed by atoms with Crippen LogP contribution in [0.5, 0.6) is 0 Å². The number of halogens is 10. The molecule has 0 fully saturated rings. The van der Waals surface area contributed by atoms with E-state index in [-0.39, 0.29) is 12.4 Å². The second kappa shape index (κ2) is 8.79. The third kappa shape index (κ3) is 4.18. The van der Waals surface area contributed by atoms with E-state index in [1.54, 1.807) is 5.10 Å². The van der Waals surface area contributed by atoms with Crippen molar-refractivity contribution < 1.29 is 49.0 Å². The molecule has 0 aliphatic rings. The van der Waals surface area contributed by atoms with Crippen LogP contribution in [0.1, 0.15) is 11.1 Å². The summed E-state index contributed by atoms with van der Waals surface area (Å²) in [5.74, 6) is -23.2. The van der Waals surface area contributed by atoms with E-state index < -0.39 is 75.3 Å². The number of rotatable bonds is 4. The normalized spacial score (nSPS) is 12.4. The van der Waals surface area contributed by atoms with E-state index in [1.165, 1.54) is 0 Å². The summed E-state index contributed by atoms with van der Waals surface area (Å²) in [6.07, 6.45) is 0.394. The number of hydrazone groups is 1. The zero-order chi connectivity index (χ0) is 22.7. The summed E-state index contributed by atoms with van der Waals surface area (Å²) in [4.78, 5) is 0. The standard InChI is InChI=1S/C15H5F10N5/c16-5-3(6(17)10(21)13(24)9(5)20)1-27-29-15(26)30-28-2-4-7(18)11(22)14(25)12(23)8(4)19/h1-2H,(H3,26,29,30)/p+1/b27-1-,28-2-. The average molecular weight is 446 g/mol. The van der Waals surface area contributed by atoms with Crippen molar-refractivity contribution in [2.24, 2.45) is 15.9 Å². The largest absolute Gasteiger partial charge is 0.364 e. The van der Waals surface area contributed by atoms with Crippen LogP contribution in [0.15, 0.2) is 10.2 Å². The molecule has 2 aromatic carbocycles. The van der Waals surface area contributed by atoms with Crippen molar-refractivity contribution in [2.75, 3.05) is 0 Å². The van der Waals surface area contributed by atoms with Gasteiger partial charge in [0.25, 0.3) is 5.96 Å². The lowest BCUT2D eigenvalue weighted by Gasteiger charge is -2.03. The Balaban J connectivity index is 2.21. The van der Waals surface area contributed by atoms with E-state index >= 15 is 0 Å². The first kappa shape index (κ1) is 22.6. The molecular formula is C15H6F10N5+. The Labute approximate surface area is 159 Å². The quantitative estimate of drug-likeness (QED) is 0.166. The molecule has 30 heavy (non-hydrogen) atoms. The average Bonchev–Trinajstić information content (AvgIpc) is 2.72. The highest BCUT2D eigenvalue weighted by Crippen LogP contribution is 2.22. The van der Waals surface area contributed by atoms with E-state index in [4.69, 9.17) is 5.73 Å². The molecule has 0 saturated heterocycles. The van der Waals surface area contributed by atoms with Crippen LogP contribution in [0.3, 0.4) is 0 Å². The van der Waals surface area contributed by atoms with Gasteiger partial charge in [0, 0.05) is 0 Å². The van der Waals surface area contributed by atoms with E-state index in [2.05, 4.69) is 10.2 Å². The fraction of sp³-hybridized carbons (Fsp3) is 0. The second-order valence-corrected chi connectivity index (χ2v) is 5.11. The first-order valence-corrected chi connectivity index (χ1v) is 7.23. The molecule has 0 aliphatic heterocycles. The van der Waals surface area contributed by atoms with Crippen LogP contribution < -0.4 is 16.3 Å². The summed E-state index contributed by atoms with van der Waals surface area (Å²) in [5.41, 5.74) is 4.18. The lowest BCUT2D eigenvalue weighted by molar-refractivity contribution is -0.500. The zero-order valence-corrected chi connectivity index (χ0v) is 13.9. The lowest BCUT2D eigenvalue weighted by Crippen LogP contribution is -2.83. The minimum absolute atomic E-state index is 0.124. The fourth-order valence-corrected chi connectivity index (χ4v) is 1.84. The van der Waals surface area contributed by atoms with Gasteiger partial charge in [-0.15, -0.1) is 15.6 Å². The molecule has 0 bridgehead atoms. The van der Waals surface area contributed by atoms with Crippen LogP contribution in [0.2, 0.25) is 0 Å². The number of nitrogens with one attached hydrogen (secondary N) is 2. The molecule has 0 radical (unpaired) electrons. The molecule has 0 spiro atoms. The first-order valence-electron chi connectivity index (χ1n) is 7.23. The third-order valence-corrected chi connectivity index (χ3v) is 3.26. The summed E-state index contributed by atoms with van der Waals surface area (Å²) < 4.78 is 132. The molecular weight excluding hydrogens is 440 g/mol. The molecule has 0 heterocycles. The van der Waals surface area contributed by atoms with Crippen molar-refractivity contribution >= 4 is 18.4 Å². The van der Waals surface area contributed by atoms with Gasteiger partial charge in [-0.3, -0.25) is 0 Å². The van der Waals surface area contributed by atoms with Crippen LogP contribution >= 0.6 is 0 Å². The van der Waals surface area contributed by atoms with Crippen LogP contribution in [-0.2, 0) is 0 Å². The van der Waals surface area contributed by atoms with E-state index in [1.807, 2.05) is 5.43 Å². The molecule has 15 heteroatoms. The Hall–Kier alpha value is -3.65. The van der Waals surface area contributed by atoms with Crippen LogP contribution in [0.25, 0.3) is 0 Å². The maximum atomic E-state index is 13.4. The lowest BCUT2D eigenvalue weighted by atomic mass is 10.2. The summed E-state index contributed by atoms with van der Waals surface area (Å²) in [6.45, 7) is 0. The van der Waals surface area contributed by atoms with E-state index in [9.17, 15) is 43.9 Å².